The molecule has 1 aromatic heterocycles. The van der Waals surface area contributed by atoms with E-state index < -0.39 is 0 Å². The lowest BCUT2D eigenvalue weighted by Gasteiger charge is -2.13. The van der Waals surface area contributed by atoms with Crippen LogP contribution < -0.4 is 10.5 Å². The molecular formula is C16H16BrClN4O3. The van der Waals surface area contributed by atoms with Crippen molar-refractivity contribution in [1.29, 1.82) is 0 Å². The molecule has 1 aliphatic heterocycles. The number of halogens is 2. The SMILES string of the molecule is COC(=O)CN1Cc2nc(N)nc(-c3cc(OC)c(Br)cc3Cl)c2C1. The van der Waals surface area contributed by atoms with Gasteiger partial charge in [0.05, 0.1) is 41.6 Å². The number of methoxy groups -OCH3 is 2. The first kappa shape index (κ1) is 17.9. The van der Waals surface area contributed by atoms with Crippen molar-refractivity contribution in [3.05, 3.63) is 32.9 Å². The highest BCUT2D eigenvalue weighted by molar-refractivity contribution is 9.10. The molecule has 0 aliphatic carbocycles. The average molecular weight is 428 g/mol. The quantitative estimate of drug-likeness (QED) is 0.750. The van der Waals surface area contributed by atoms with E-state index in [9.17, 15) is 4.79 Å². The second kappa shape index (κ2) is 7.15. The maximum atomic E-state index is 11.5. The lowest BCUT2D eigenvalue weighted by atomic mass is 10.1. The Bertz CT molecular complexity index is 847. The largest absolute Gasteiger partial charge is 0.496 e. The number of carbonyl (C=O) groups is 1. The van der Waals surface area contributed by atoms with Crippen molar-refractivity contribution in [3.63, 3.8) is 0 Å². The van der Waals surface area contributed by atoms with Crippen LogP contribution in [0.15, 0.2) is 16.6 Å². The minimum Gasteiger partial charge on any atom is -0.496 e. The lowest BCUT2D eigenvalue weighted by Crippen LogP contribution is -2.25. The van der Waals surface area contributed by atoms with Gasteiger partial charge < -0.3 is 15.2 Å². The smallest absolute Gasteiger partial charge is 0.319 e. The molecule has 3 rings (SSSR count). The van der Waals surface area contributed by atoms with E-state index >= 15 is 0 Å². The van der Waals surface area contributed by atoms with Crippen LogP contribution in [0.1, 0.15) is 11.3 Å². The fourth-order valence-electron chi connectivity index (χ4n) is 2.79. The number of anilines is 1. The molecule has 0 spiro atoms. The van der Waals surface area contributed by atoms with Gasteiger partial charge in [0.2, 0.25) is 5.95 Å². The van der Waals surface area contributed by atoms with Crippen LogP contribution >= 0.6 is 27.5 Å². The number of hydrogen-bond acceptors (Lipinski definition) is 7. The van der Waals surface area contributed by atoms with Crippen molar-refractivity contribution in [2.75, 3.05) is 26.5 Å². The van der Waals surface area contributed by atoms with E-state index in [0.29, 0.717) is 35.1 Å². The highest BCUT2D eigenvalue weighted by Crippen LogP contribution is 2.39. The highest BCUT2D eigenvalue weighted by atomic mass is 79.9. The minimum atomic E-state index is -0.307. The molecule has 0 unspecified atom stereocenters. The number of esters is 1. The predicted molar refractivity (Wildman–Crippen MR) is 97.3 cm³/mol. The Morgan fingerprint density at radius 1 is 1.36 bits per heavy atom. The van der Waals surface area contributed by atoms with Crippen LogP contribution in [0.25, 0.3) is 11.3 Å². The van der Waals surface area contributed by atoms with Crippen molar-refractivity contribution < 1.29 is 14.3 Å². The number of benzene rings is 1. The van der Waals surface area contributed by atoms with Crippen LogP contribution in [0.3, 0.4) is 0 Å². The first-order valence-electron chi connectivity index (χ1n) is 7.40. The second-order valence-electron chi connectivity index (χ2n) is 5.54. The summed E-state index contributed by atoms with van der Waals surface area (Å²) in [5, 5.41) is 0.513. The van der Waals surface area contributed by atoms with E-state index in [2.05, 4.69) is 25.9 Å². The van der Waals surface area contributed by atoms with Gasteiger partial charge in [0.1, 0.15) is 5.75 Å². The first-order valence-corrected chi connectivity index (χ1v) is 8.57. The number of aromatic nitrogens is 2. The van der Waals surface area contributed by atoms with Crippen LogP contribution in [-0.2, 0) is 22.6 Å². The number of nitrogens with zero attached hydrogens (tertiary/aromatic N) is 3. The monoisotopic (exact) mass is 426 g/mol. The molecule has 25 heavy (non-hydrogen) atoms. The normalized spacial score (nSPS) is 13.6. The van der Waals surface area contributed by atoms with Crippen LogP contribution in [0.2, 0.25) is 5.02 Å². The standard InChI is InChI=1S/C16H16BrClN4O3/c1-24-13-3-8(11(18)4-10(13)17)15-9-5-22(7-14(23)25-2)6-12(9)20-16(19)21-15/h3-4H,5-7H2,1-2H3,(H2,19,20,21). The van der Waals surface area contributed by atoms with E-state index in [1.165, 1.54) is 7.11 Å². The number of nitrogen functional groups attached to an aromatic ring is 1. The molecule has 7 nitrogen and oxygen atoms in total. The van der Waals surface area contributed by atoms with Crippen molar-refractivity contribution >= 4 is 39.4 Å². The van der Waals surface area contributed by atoms with E-state index in [-0.39, 0.29) is 18.5 Å². The number of nitrogens with two attached hydrogens (primary N) is 1. The number of hydrogen-bond donors (Lipinski definition) is 1. The van der Waals surface area contributed by atoms with Gasteiger partial charge in [-0.3, -0.25) is 9.69 Å². The molecule has 2 heterocycles. The van der Waals surface area contributed by atoms with Crippen molar-refractivity contribution in [2.45, 2.75) is 13.1 Å². The van der Waals surface area contributed by atoms with Gasteiger partial charge in [-0.1, -0.05) is 11.6 Å². The topological polar surface area (TPSA) is 90.6 Å². The minimum absolute atomic E-state index is 0.159. The molecule has 0 radical (unpaired) electrons. The molecule has 9 heteroatoms. The Kier molecular flexibility index (Phi) is 5.12. The van der Waals surface area contributed by atoms with Gasteiger partial charge in [0.25, 0.3) is 0 Å². The van der Waals surface area contributed by atoms with Gasteiger partial charge in [-0.05, 0) is 28.1 Å². The summed E-state index contributed by atoms with van der Waals surface area (Å²) >= 11 is 9.82. The molecule has 0 atom stereocenters. The third-order valence-corrected chi connectivity index (χ3v) is 4.87. The summed E-state index contributed by atoms with van der Waals surface area (Å²) in [7, 11) is 2.94. The van der Waals surface area contributed by atoms with Crippen LogP contribution in [0.5, 0.6) is 5.75 Å². The Hall–Kier alpha value is -1.90. The molecule has 0 saturated heterocycles. The molecule has 2 N–H and O–H groups in total. The molecule has 0 amide bonds. The maximum absolute atomic E-state index is 11.5. The van der Waals surface area contributed by atoms with Gasteiger partial charge in [0, 0.05) is 24.2 Å². The summed E-state index contributed by atoms with van der Waals surface area (Å²) in [5.74, 6) is 0.486. The molecule has 1 aromatic carbocycles. The van der Waals surface area contributed by atoms with Crippen LogP contribution in [0.4, 0.5) is 5.95 Å². The van der Waals surface area contributed by atoms with Crippen LogP contribution in [-0.4, -0.2) is 41.6 Å². The molecule has 0 bridgehead atoms. The zero-order chi connectivity index (χ0) is 18.1. The summed E-state index contributed by atoms with van der Waals surface area (Å²) < 4.78 is 10.8. The van der Waals surface area contributed by atoms with E-state index in [4.69, 9.17) is 26.8 Å². The zero-order valence-corrected chi connectivity index (χ0v) is 16.0. The molecule has 0 saturated carbocycles. The fourth-order valence-corrected chi connectivity index (χ4v) is 3.68. The van der Waals surface area contributed by atoms with Gasteiger partial charge in [-0.15, -0.1) is 0 Å². The molecule has 2 aromatic rings. The molecule has 0 fully saturated rings. The van der Waals surface area contributed by atoms with Crippen molar-refractivity contribution in [1.82, 2.24) is 14.9 Å². The Balaban J connectivity index is 2.05. The van der Waals surface area contributed by atoms with E-state index in [0.717, 1.165) is 15.7 Å². The number of ether oxygens (including phenoxy) is 2. The third kappa shape index (κ3) is 3.56. The molecule has 132 valence electrons. The van der Waals surface area contributed by atoms with Gasteiger partial charge in [-0.25, -0.2) is 9.97 Å². The highest BCUT2D eigenvalue weighted by Gasteiger charge is 2.28. The van der Waals surface area contributed by atoms with Crippen LogP contribution in [0, 0.1) is 0 Å². The first-order chi connectivity index (χ1) is 11.9. The fraction of sp³-hybridized carbons (Fsp3) is 0.312. The third-order valence-electron chi connectivity index (χ3n) is 3.94. The van der Waals surface area contributed by atoms with E-state index in [1.807, 2.05) is 4.90 Å². The summed E-state index contributed by atoms with van der Waals surface area (Å²) in [6, 6.07) is 3.55. The maximum Gasteiger partial charge on any atom is 0.319 e. The zero-order valence-electron chi connectivity index (χ0n) is 13.7. The number of carbonyl (C=O) groups excluding carboxylic acids is 1. The van der Waals surface area contributed by atoms with Gasteiger partial charge >= 0.3 is 5.97 Å². The Morgan fingerprint density at radius 2 is 2.12 bits per heavy atom. The Labute approximate surface area is 158 Å². The second-order valence-corrected chi connectivity index (χ2v) is 6.81. The molecule has 1 aliphatic rings. The lowest BCUT2D eigenvalue weighted by molar-refractivity contribution is -0.142. The summed E-state index contributed by atoms with van der Waals surface area (Å²) in [6.45, 7) is 1.17. The summed E-state index contributed by atoms with van der Waals surface area (Å²) in [4.78, 5) is 22.1. The van der Waals surface area contributed by atoms with Crippen molar-refractivity contribution in [2.24, 2.45) is 0 Å². The predicted octanol–water partition coefficient (Wildman–Crippen LogP) is 2.64. The van der Waals surface area contributed by atoms with Gasteiger partial charge in [-0.2, -0.15) is 0 Å². The summed E-state index contributed by atoms with van der Waals surface area (Å²) in [6.07, 6.45) is 0. The van der Waals surface area contributed by atoms with Crippen molar-refractivity contribution in [3.8, 4) is 17.0 Å². The van der Waals surface area contributed by atoms with E-state index in [1.54, 1.807) is 19.2 Å². The molecular weight excluding hydrogens is 412 g/mol. The van der Waals surface area contributed by atoms with Gasteiger partial charge in [0.15, 0.2) is 0 Å². The number of fused-ring (bicyclic) bond motifs is 1. The summed E-state index contributed by atoms with van der Waals surface area (Å²) in [5.41, 5.74) is 8.90. The number of rotatable bonds is 4. The average Bonchev–Trinajstić information content (AvgIpc) is 2.96. The Morgan fingerprint density at radius 3 is 2.80 bits per heavy atom.